The molecule has 1 aliphatic carbocycles. The largest absolute Gasteiger partial charge is 0.461 e. The van der Waals surface area contributed by atoms with Gasteiger partial charge in [-0.15, -0.1) is 0 Å². The molecule has 0 N–H and O–H groups in total. The average molecular weight is 581 g/mol. The average Bonchev–Trinajstić information content (AvgIpc) is 3.80. The Morgan fingerprint density at radius 3 is 1.14 bits per heavy atom. The Morgan fingerprint density at radius 2 is 0.818 bits per heavy atom. The van der Waals surface area contributed by atoms with Crippen molar-refractivity contribution >= 4 is 7.12 Å². The van der Waals surface area contributed by atoms with Gasteiger partial charge >= 0.3 is 7.12 Å². The molecule has 1 aliphatic heterocycles. The van der Waals surface area contributed by atoms with Gasteiger partial charge in [0.1, 0.15) is 23.4 Å². The standard InChI is InChI=1S/C39H37BO4/c1-41-38(30-20-10-4-11-21-30,31-22-12-5-13-23-31)36-37(44-40(43-36)35-28-34(35)29-18-8-3-9-19-29)39(42-2,32-24-14-6-15-25-32)33-26-16-7-17-27-33/h3-27,34-37H,28H2,1-2H3/t34-,35+,36+,37+/m0/s1. The lowest BCUT2D eigenvalue weighted by atomic mass is 9.71. The molecule has 44 heavy (non-hydrogen) atoms. The van der Waals surface area contributed by atoms with E-state index in [9.17, 15) is 0 Å². The lowest BCUT2D eigenvalue weighted by Crippen LogP contribution is -2.56. The van der Waals surface area contributed by atoms with Crippen LogP contribution < -0.4 is 0 Å². The fourth-order valence-electron chi connectivity index (χ4n) is 7.32. The third kappa shape index (κ3) is 4.81. The number of hydrogen-bond donors (Lipinski definition) is 0. The van der Waals surface area contributed by atoms with Crippen molar-refractivity contribution in [1.82, 2.24) is 0 Å². The highest BCUT2D eigenvalue weighted by Gasteiger charge is 2.65. The van der Waals surface area contributed by atoms with Crippen LogP contribution in [0.15, 0.2) is 152 Å². The van der Waals surface area contributed by atoms with Crippen LogP contribution in [0, 0.1) is 0 Å². The van der Waals surface area contributed by atoms with Crippen LogP contribution >= 0.6 is 0 Å². The molecule has 7 rings (SSSR count). The summed E-state index contributed by atoms with van der Waals surface area (Å²) < 4.78 is 27.9. The van der Waals surface area contributed by atoms with Crippen molar-refractivity contribution in [3.8, 4) is 0 Å². The summed E-state index contributed by atoms with van der Waals surface area (Å²) in [6.45, 7) is 0. The number of ether oxygens (including phenoxy) is 2. The molecule has 1 saturated heterocycles. The van der Waals surface area contributed by atoms with Crippen molar-refractivity contribution in [3.05, 3.63) is 179 Å². The van der Waals surface area contributed by atoms with E-state index in [0.29, 0.717) is 5.92 Å². The first-order valence-electron chi connectivity index (χ1n) is 15.4. The highest BCUT2D eigenvalue weighted by atomic mass is 16.7. The Kier molecular flexibility index (Phi) is 7.96. The number of methoxy groups -OCH3 is 2. The molecule has 5 aromatic carbocycles. The zero-order valence-corrected chi connectivity index (χ0v) is 25.2. The molecule has 0 amide bonds. The molecule has 5 heteroatoms. The molecular formula is C39H37BO4. The predicted molar refractivity (Wildman–Crippen MR) is 174 cm³/mol. The Labute approximate surface area is 260 Å². The second-order valence-electron chi connectivity index (χ2n) is 11.7. The van der Waals surface area contributed by atoms with Gasteiger partial charge < -0.3 is 18.8 Å². The second-order valence-corrected chi connectivity index (χ2v) is 11.7. The summed E-state index contributed by atoms with van der Waals surface area (Å²) in [4.78, 5) is 0. The van der Waals surface area contributed by atoms with Crippen LogP contribution in [0.5, 0.6) is 0 Å². The van der Waals surface area contributed by atoms with Crippen molar-refractivity contribution in [2.45, 2.75) is 41.6 Å². The molecule has 2 aliphatic rings. The van der Waals surface area contributed by atoms with E-state index >= 15 is 0 Å². The second kappa shape index (κ2) is 12.2. The van der Waals surface area contributed by atoms with Crippen molar-refractivity contribution in [1.29, 1.82) is 0 Å². The maximum atomic E-state index is 7.24. The van der Waals surface area contributed by atoms with Gasteiger partial charge in [-0.1, -0.05) is 152 Å². The van der Waals surface area contributed by atoms with Gasteiger partial charge in [0.2, 0.25) is 0 Å². The van der Waals surface area contributed by atoms with Crippen molar-refractivity contribution in [2.75, 3.05) is 14.2 Å². The quantitative estimate of drug-likeness (QED) is 0.157. The minimum atomic E-state index is -0.994. The molecule has 1 heterocycles. The van der Waals surface area contributed by atoms with Gasteiger partial charge in [0, 0.05) is 20.0 Å². The first-order valence-corrected chi connectivity index (χ1v) is 15.4. The molecule has 4 nitrogen and oxygen atoms in total. The normalized spacial score (nSPS) is 21.7. The van der Waals surface area contributed by atoms with Gasteiger partial charge in [0.15, 0.2) is 0 Å². The minimum absolute atomic E-state index is 0.215. The predicted octanol–water partition coefficient (Wildman–Crippen LogP) is 8.00. The summed E-state index contributed by atoms with van der Waals surface area (Å²) >= 11 is 0. The maximum absolute atomic E-state index is 7.24. The Bertz CT molecular complexity index is 1460. The summed E-state index contributed by atoms with van der Waals surface area (Å²) in [5, 5.41) is 0. The summed E-state index contributed by atoms with van der Waals surface area (Å²) in [6.07, 6.45) is -0.138. The summed E-state index contributed by atoms with van der Waals surface area (Å²) in [6, 6.07) is 52.2. The van der Waals surface area contributed by atoms with E-state index < -0.39 is 30.5 Å². The van der Waals surface area contributed by atoms with Gasteiger partial charge in [-0.3, -0.25) is 0 Å². The molecule has 0 aromatic heterocycles. The van der Waals surface area contributed by atoms with Crippen LogP contribution in [0.4, 0.5) is 0 Å². The summed E-state index contributed by atoms with van der Waals surface area (Å²) in [5.74, 6) is 0.587. The molecule has 0 unspecified atom stereocenters. The Hall–Kier alpha value is -4.00. The zero-order chi connectivity index (χ0) is 30.0. The number of benzene rings is 5. The lowest BCUT2D eigenvalue weighted by Gasteiger charge is -2.47. The molecule has 2 fully saturated rings. The number of hydrogen-bond acceptors (Lipinski definition) is 4. The van der Waals surface area contributed by atoms with E-state index in [0.717, 1.165) is 28.7 Å². The van der Waals surface area contributed by atoms with Gasteiger partial charge in [-0.2, -0.15) is 0 Å². The van der Waals surface area contributed by atoms with E-state index in [-0.39, 0.29) is 5.82 Å². The molecule has 0 radical (unpaired) electrons. The molecule has 5 aromatic rings. The van der Waals surface area contributed by atoms with Crippen LogP contribution in [-0.2, 0) is 30.0 Å². The van der Waals surface area contributed by atoms with E-state index in [4.69, 9.17) is 18.8 Å². The fraction of sp³-hybridized carbons (Fsp3) is 0.231. The van der Waals surface area contributed by atoms with Crippen molar-refractivity contribution in [2.24, 2.45) is 0 Å². The van der Waals surface area contributed by atoms with Crippen LogP contribution in [0.1, 0.15) is 40.2 Å². The van der Waals surface area contributed by atoms with Gasteiger partial charge in [-0.05, 0) is 40.2 Å². The molecule has 0 spiro atoms. The third-order valence-corrected chi connectivity index (χ3v) is 9.51. The Morgan fingerprint density at radius 1 is 0.500 bits per heavy atom. The van der Waals surface area contributed by atoms with Crippen LogP contribution in [0.3, 0.4) is 0 Å². The van der Waals surface area contributed by atoms with Crippen molar-refractivity contribution in [3.63, 3.8) is 0 Å². The fourth-order valence-corrected chi connectivity index (χ4v) is 7.32. The summed E-state index contributed by atoms with van der Waals surface area (Å²) in [7, 11) is 3.10. The summed E-state index contributed by atoms with van der Waals surface area (Å²) in [5.41, 5.74) is 3.31. The van der Waals surface area contributed by atoms with Crippen LogP contribution in [-0.4, -0.2) is 33.5 Å². The first-order chi connectivity index (χ1) is 21.7. The third-order valence-electron chi connectivity index (χ3n) is 9.51. The first kappa shape index (κ1) is 28.8. The smallest absolute Gasteiger partial charge is 0.402 e. The molecule has 220 valence electrons. The van der Waals surface area contributed by atoms with E-state index in [1.807, 2.05) is 24.3 Å². The lowest BCUT2D eigenvalue weighted by molar-refractivity contribution is -0.136. The highest BCUT2D eigenvalue weighted by molar-refractivity contribution is 6.48. The SMILES string of the molecule is COC(c1ccccc1)(c1ccccc1)[C@@H]1OB([C@@H]2C[C@H]2c2ccccc2)O[C@H]1C(OC)(c1ccccc1)c1ccccc1. The van der Waals surface area contributed by atoms with Crippen LogP contribution in [0.25, 0.3) is 0 Å². The van der Waals surface area contributed by atoms with Gasteiger partial charge in [-0.25, -0.2) is 0 Å². The minimum Gasteiger partial charge on any atom is -0.402 e. The monoisotopic (exact) mass is 580 g/mol. The molecular weight excluding hydrogens is 543 g/mol. The van der Waals surface area contributed by atoms with Gasteiger partial charge in [0.25, 0.3) is 0 Å². The van der Waals surface area contributed by atoms with E-state index in [1.165, 1.54) is 5.56 Å². The zero-order valence-electron chi connectivity index (χ0n) is 25.2. The topological polar surface area (TPSA) is 36.9 Å². The molecule has 4 atom stereocenters. The van der Waals surface area contributed by atoms with Crippen LogP contribution in [0.2, 0.25) is 5.82 Å². The molecule has 1 saturated carbocycles. The Balaban J connectivity index is 1.44. The number of rotatable bonds is 10. The van der Waals surface area contributed by atoms with E-state index in [2.05, 4.69) is 127 Å². The molecule has 0 bridgehead atoms. The van der Waals surface area contributed by atoms with Crippen molar-refractivity contribution < 1.29 is 18.8 Å². The van der Waals surface area contributed by atoms with E-state index in [1.54, 1.807) is 14.2 Å². The highest BCUT2D eigenvalue weighted by Crippen LogP contribution is 2.59. The maximum Gasteiger partial charge on any atom is 0.461 e. The van der Waals surface area contributed by atoms with Gasteiger partial charge in [0.05, 0.1) is 0 Å².